The molecule has 0 aliphatic rings. The fourth-order valence-corrected chi connectivity index (χ4v) is 1.97. The Hall–Kier alpha value is -0.150. The molecule has 0 radical (unpaired) electrons. The molecule has 0 amide bonds. The van der Waals surface area contributed by atoms with Crippen LogP contribution in [-0.4, -0.2) is 18.1 Å². The first-order chi connectivity index (χ1) is 7.89. The van der Waals surface area contributed by atoms with Gasteiger partial charge in [0.1, 0.15) is 0 Å². The second kappa shape index (κ2) is 9.84. The number of phosphoric acid groups is 1. The van der Waals surface area contributed by atoms with Crippen LogP contribution in [0.3, 0.4) is 0 Å². The van der Waals surface area contributed by atoms with Crippen LogP contribution < -0.4 is 0 Å². The van der Waals surface area contributed by atoms with E-state index in [1.54, 1.807) is 13.0 Å². The predicted octanol–water partition coefficient (Wildman–Crippen LogP) is 4.16. The molecule has 0 heterocycles. The summed E-state index contributed by atoms with van der Waals surface area (Å²) < 4.78 is 20.8. The average Bonchev–Trinajstić information content (AvgIpc) is 2.30. The quantitative estimate of drug-likeness (QED) is 0.529. The molecular weight excluding hydrogens is 239 g/mol. The number of hydrogen-bond acceptors (Lipinski definition) is 3. The molecule has 0 spiro atoms. The Balaban J connectivity index is 0. The number of allylic oxidation sites excluding steroid dienone is 1. The summed E-state index contributed by atoms with van der Waals surface area (Å²) in [5.74, 6) is 0. The van der Waals surface area contributed by atoms with Crippen LogP contribution in [0.5, 0.6) is 0 Å². The zero-order chi connectivity index (χ0) is 13.9. The van der Waals surface area contributed by atoms with Gasteiger partial charge in [0.2, 0.25) is 0 Å². The first-order valence-corrected chi connectivity index (χ1v) is 7.61. The first kappa shape index (κ1) is 19.2. The maximum absolute atomic E-state index is 11.3. The lowest BCUT2D eigenvalue weighted by Gasteiger charge is -2.27. The van der Waals surface area contributed by atoms with Crippen molar-refractivity contribution in [3.05, 3.63) is 12.7 Å². The zero-order valence-electron chi connectivity index (χ0n) is 11.7. The van der Waals surface area contributed by atoms with Gasteiger partial charge in [0.25, 0.3) is 0 Å². The standard InChI is InChI=1S/C10H21O4P.C2H6/c1-5-8-10(4,6-2)9-14-15(11,12)13-7-3;1-2/h5H,1,6-9H2,2-4H3,(H,11,12);1-2H3. The second-order valence-corrected chi connectivity index (χ2v) is 5.27. The molecule has 104 valence electrons. The van der Waals surface area contributed by atoms with Crippen LogP contribution in [0.1, 0.15) is 47.5 Å². The monoisotopic (exact) mass is 266 g/mol. The van der Waals surface area contributed by atoms with Crippen LogP contribution in [0, 0.1) is 5.41 Å². The van der Waals surface area contributed by atoms with Crippen molar-refractivity contribution in [2.45, 2.75) is 47.5 Å². The van der Waals surface area contributed by atoms with Gasteiger partial charge in [-0.3, -0.25) is 9.05 Å². The van der Waals surface area contributed by atoms with E-state index in [0.717, 1.165) is 12.8 Å². The molecule has 0 aromatic carbocycles. The largest absolute Gasteiger partial charge is 0.472 e. The molecule has 2 unspecified atom stereocenters. The Morgan fingerprint density at radius 3 is 2.24 bits per heavy atom. The molecule has 0 bridgehead atoms. The van der Waals surface area contributed by atoms with Crippen molar-refractivity contribution in [3.8, 4) is 0 Å². The van der Waals surface area contributed by atoms with Gasteiger partial charge >= 0.3 is 7.82 Å². The van der Waals surface area contributed by atoms with Crippen LogP contribution >= 0.6 is 7.82 Å². The van der Waals surface area contributed by atoms with E-state index in [0.29, 0.717) is 0 Å². The molecule has 0 aromatic heterocycles. The van der Waals surface area contributed by atoms with Crippen LogP contribution in [0.25, 0.3) is 0 Å². The van der Waals surface area contributed by atoms with Gasteiger partial charge in [0, 0.05) is 0 Å². The lowest BCUT2D eigenvalue weighted by Crippen LogP contribution is -2.21. The van der Waals surface area contributed by atoms with Crippen LogP contribution in [0.2, 0.25) is 0 Å². The molecule has 2 atom stereocenters. The molecule has 17 heavy (non-hydrogen) atoms. The van der Waals surface area contributed by atoms with E-state index < -0.39 is 7.82 Å². The third kappa shape index (κ3) is 9.54. The van der Waals surface area contributed by atoms with Crippen molar-refractivity contribution >= 4 is 7.82 Å². The Morgan fingerprint density at radius 2 is 1.88 bits per heavy atom. The molecule has 0 aliphatic heterocycles. The van der Waals surface area contributed by atoms with Crippen molar-refractivity contribution in [2.75, 3.05) is 13.2 Å². The summed E-state index contributed by atoms with van der Waals surface area (Å²) in [6, 6.07) is 0. The summed E-state index contributed by atoms with van der Waals surface area (Å²) in [6.45, 7) is 13.7. The molecule has 0 aliphatic carbocycles. The van der Waals surface area contributed by atoms with Gasteiger partial charge in [-0.15, -0.1) is 6.58 Å². The highest BCUT2D eigenvalue weighted by Gasteiger charge is 2.27. The fraction of sp³-hybridized carbons (Fsp3) is 0.833. The van der Waals surface area contributed by atoms with E-state index in [2.05, 4.69) is 11.1 Å². The molecule has 0 saturated heterocycles. The number of rotatable bonds is 8. The Bertz CT molecular complexity index is 243. The van der Waals surface area contributed by atoms with E-state index in [1.807, 2.05) is 27.7 Å². The van der Waals surface area contributed by atoms with Gasteiger partial charge in [0.05, 0.1) is 13.2 Å². The van der Waals surface area contributed by atoms with E-state index >= 15 is 0 Å². The minimum atomic E-state index is -3.86. The Kier molecular flexibility index (Phi) is 11.1. The molecule has 0 saturated carbocycles. The summed E-state index contributed by atoms with van der Waals surface area (Å²) in [6.07, 6.45) is 3.39. The second-order valence-electron chi connectivity index (χ2n) is 3.82. The third-order valence-electron chi connectivity index (χ3n) is 2.36. The van der Waals surface area contributed by atoms with Crippen LogP contribution in [0.15, 0.2) is 12.7 Å². The molecule has 0 rings (SSSR count). The van der Waals surface area contributed by atoms with E-state index in [4.69, 9.17) is 4.52 Å². The lowest BCUT2D eigenvalue weighted by atomic mass is 9.85. The summed E-state index contributed by atoms with van der Waals surface area (Å²) in [4.78, 5) is 9.23. The van der Waals surface area contributed by atoms with Crippen LogP contribution in [-0.2, 0) is 13.6 Å². The molecule has 1 N–H and O–H groups in total. The smallest absolute Gasteiger partial charge is 0.302 e. The highest BCUT2D eigenvalue weighted by Crippen LogP contribution is 2.45. The summed E-state index contributed by atoms with van der Waals surface area (Å²) in [5, 5.41) is 0. The summed E-state index contributed by atoms with van der Waals surface area (Å²) in [5.41, 5.74) is -0.156. The van der Waals surface area contributed by atoms with Gasteiger partial charge in [-0.1, -0.05) is 33.8 Å². The first-order valence-electron chi connectivity index (χ1n) is 6.12. The summed E-state index contributed by atoms with van der Waals surface area (Å²) >= 11 is 0. The maximum Gasteiger partial charge on any atom is 0.472 e. The highest BCUT2D eigenvalue weighted by atomic mass is 31.2. The minimum Gasteiger partial charge on any atom is -0.302 e. The van der Waals surface area contributed by atoms with Crippen molar-refractivity contribution in [3.63, 3.8) is 0 Å². The highest BCUT2D eigenvalue weighted by molar-refractivity contribution is 7.47. The average molecular weight is 266 g/mol. The minimum absolute atomic E-state index is 0.156. The number of hydrogen-bond donors (Lipinski definition) is 1. The van der Waals surface area contributed by atoms with Gasteiger partial charge in [-0.05, 0) is 25.2 Å². The lowest BCUT2D eigenvalue weighted by molar-refractivity contribution is 0.0976. The maximum atomic E-state index is 11.3. The van der Waals surface area contributed by atoms with E-state index in [1.165, 1.54) is 0 Å². The molecule has 4 nitrogen and oxygen atoms in total. The summed E-state index contributed by atoms with van der Waals surface area (Å²) in [7, 11) is -3.86. The predicted molar refractivity (Wildman–Crippen MR) is 72.0 cm³/mol. The van der Waals surface area contributed by atoms with Gasteiger partial charge in [-0.25, -0.2) is 4.57 Å². The van der Waals surface area contributed by atoms with Crippen molar-refractivity contribution in [1.29, 1.82) is 0 Å². The normalized spacial score (nSPS) is 17.3. The van der Waals surface area contributed by atoms with Crippen molar-refractivity contribution in [1.82, 2.24) is 0 Å². The number of phosphoric ester groups is 1. The van der Waals surface area contributed by atoms with Gasteiger partial charge in [-0.2, -0.15) is 0 Å². The molecular formula is C12H27O4P. The van der Waals surface area contributed by atoms with Crippen molar-refractivity contribution in [2.24, 2.45) is 5.41 Å². The third-order valence-corrected chi connectivity index (χ3v) is 3.40. The SMILES string of the molecule is C=CCC(C)(CC)COP(=O)(O)OCC.CC. The topological polar surface area (TPSA) is 55.8 Å². The van der Waals surface area contributed by atoms with Gasteiger partial charge in [0.15, 0.2) is 0 Å². The van der Waals surface area contributed by atoms with Crippen molar-refractivity contribution < 1.29 is 18.5 Å². The van der Waals surface area contributed by atoms with E-state index in [9.17, 15) is 9.46 Å². The molecule has 0 fully saturated rings. The Labute approximate surface area is 106 Å². The fourth-order valence-electron chi connectivity index (χ4n) is 1.09. The molecule has 5 heteroatoms. The van der Waals surface area contributed by atoms with Crippen LogP contribution in [0.4, 0.5) is 0 Å². The molecule has 0 aromatic rings. The zero-order valence-corrected chi connectivity index (χ0v) is 12.6. The van der Waals surface area contributed by atoms with E-state index in [-0.39, 0.29) is 18.6 Å². The van der Waals surface area contributed by atoms with Gasteiger partial charge < -0.3 is 4.89 Å². The Morgan fingerprint density at radius 1 is 1.35 bits per heavy atom.